The molecule has 0 saturated heterocycles. The number of aromatic nitrogens is 1. The zero-order valence-electron chi connectivity index (χ0n) is 13.7. The Morgan fingerprint density at radius 3 is 2.38 bits per heavy atom. The van der Waals surface area contributed by atoms with Crippen LogP contribution in [0.2, 0.25) is 0 Å². The number of nitro groups is 1. The lowest BCUT2D eigenvalue weighted by atomic mass is 10.1. The van der Waals surface area contributed by atoms with E-state index in [9.17, 15) is 14.9 Å². The Morgan fingerprint density at radius 1 is 1.21 bits per heavy atom. The maximum absolute atomic E-state index is 12.8. The van der Waals surface area contributed by atoms with Crippen molar-refractivity contribution in [2.24, 2.45) is 0 Å². The molecule has 0 aliphatic rings. The molecule has 126 valence electrons. The van der Waals surface area contributed by atoms with E-state index in [1.807, 2.05) is 44.2 Å². The van der Waals surface area contributed by atoms with Crippen molar-refractivity contribution in [2.75, 3.05) is 18.4 Å². The molecule has 2 aromatic rings. The van der Waals surface area contributed by atoms with Gasteiger partial charge in [0.15, 0.2) is 0 Å². The zero-order valence-corrected chi connectivity index (χ0v) is 13.7. The molecule has 1 atom stereocenters. The quantitative estimate of drug-likeness (QED) is 0.623. The van der Waals surface area contributed by atoms with Crippen molar-refractivity contribution in [1.29, 1.82) is 0 Å². The zero-order chi connectivity index (χ0) is 17.5. The number of carbonyl (C=O) groups is 1. The molecule has 24 heavy (non-hydrogen) atoms. The monoisotopic (exact) mass is 328 g/mol. The Bertz CT molecular complexity index is 685. The number of amides is 1. The normalized spacial score (nSPS) is 11.6. The van der Waals surface area contributed by atoms with Crippen molar-refractivity contribution < 1.29 is 9.72 Å². The van der Waals surface area contributed by atoms with Crippen molar-refractivity contribution in [1.82, 2.24) is 9.88 Å². The van der Waals surface area contributed by atoms with Crippen molar-refractivity contribution in [2.45, 2.75) is 19.9 Å². The highest BCUT2D eigenvalue weighted by molar-refractivity contribution is 5.85. The molecule has 1 aromatic heterocycles. The van der Waals surface area contributed by atoms with E-state index >= 15 is 0 Å². The van der Waals surface area contributed by atoms with Crippen LogP contribution in [0.5, 0.6) is 0 Å². The molecule has 1 amide bonds. The van der Waals surface area contributed by atoms with Gasteiger partial charge >= 0.3 is 0 Å². The van der Waals surface area contributed by atoms with Gasteiger partial charge in [-0.25, -0.2) is 4.98 Å². The molecule has 0 fully saturated rings. The van der Waals surface area contributed by atoms with Crippen LogP contribution in [0.3, 0.4) is 0 Å². The van der Waals surface area contributed by atoms with Gasteiger partial charge in [0.2, 0.25) is 5.91 Å². The predicted molar refractivity (Wildman–Crippen MR) is 91.6 cm³/mol. The highest BCUT2D eigenvalue weighted by Crippen LogP contribution is 2.22. The number of anilines is 1. The molecule has 0 bridgehead atoms. The average molecular weight is 328 g/mol. The maximum Gasteiger partial charge on any atom is 0.287 e. The summed E-state index contributed by atoms with van der Waals surface area (Å²) in [5.41, 5.74) is 0.724. The van der Waals surface area contributed by atoms with E-state index in [1.54, 1.807) is 4.90 Å². The fourth-order valence-electron chi connectivity index (χ4n) is 2.38. The second kappa shape index (κ2) is 8.05. The van der Waals surface area contributed by atoms with E-state index in [4.69, 9.17) is 0 Å². The Labute approximate surface area is 140 Å². The molecule has 2 rings (SSSR count). The van der Waals surface area contributed by atoms with Gasteiger partial charge in [-0.3, -0.25) is 14.9 Å². The smallest absolute Gasteiger partial charge is 0.287 e. The summed E-state index contributed by atoms with van der Waals surface area (Å²) in [6, 6.07) is 11.6. The summed E-state index contributed by atoms with van der Waals surface area (Å²) >= 11 is 0. The van der Waals surface area contributed by atoms with E-state index in [2.05, 4.69) is 10.3 Å². The first-order chi connectivity index (χ1) is 11.6. The van der Waals surface area contributed by atoms with Crippen LogP contribution in [0.25, 0.3) is 0 Å². The summed E-state index contributed by atoms with van der Waals surface area (Å²) in [6.07, 6.45) is 1.17. The van der Waals surface area contributed by atoms with Crippen LogP contribution in [0.4, 0.5) is 11.5 Å². The molecule has 7 heteroatoms. The van der Waals surface area contributed by atoms with E-state index in [-0.39, 0.29) is 11.6 Å². The molecular formula is C17H20N4O3. The van der Waals surface area contributed by atoms with Gasteiger partial charge in [0.1, 0.15) is 18.1 Å². The molecule has 1 heterocycles. The fraction of sp³-hybridized carbons (Fsp3) is 0.294. The van der Waals surface area contributed by atoms with Crippen LogP contribution in [0.15, 0.2) is 48.7 Å². The maximum atomic E-state index is 12.8. The SMILES string of the molecule is CCN(CC)C(=O)[C@@H](Nc1ccc([N+](=O)[O-])cn1)c1ccccc1. The third kappa shape index (κ3) is 4.07. The van der Waals surface area contributed by atoms with Crippen LogP contribution >= 0.6 is 0 Å². The van der Waals surface area contributed by atoms with Gasteiger partial charge in [-0.1, -0.05) is 30.3 Å². The van der Waals surface area contributed by atoms with Crippen molar-refractivity contribution in [3.8, 4) is 0 Å². The van der Waals surface area contributed by atoms with Crippen LogP contribution in [-0.4, -0.2) is 33.8 Å². The second-order valence-corrected chi connectivity index (χ2v) is 5.16. The van der Waals surface area contributed by atoms with Gasteiger partial charge in [0.05, 0.1) is 4.92 Å². The molecule has 0 aliphatic carbocycles. The first-order valence-electron chi connectivity index (χ1n) is 7.77. The van der Waals surface area contributed by atoms with E-state index < -0.39 is 11.0 Å². The summed E-state index contributed by atoms with van der Waals surface area (Å²) in [6.45, 7) is 5.06. The first kappa shape index (κ1) is 17.4. The Balaban J connectivity index is 2.29. The van der Waals surface area contributed by atoms with Crippen molar-refractivity contribution in [3.05, 3.63) is 64.3 Å². The summed E-state index contributed by atoms with van der Waals surface area (Å²) in [5.74, 6) is 0.348. The van der Waals surface area contributed by atoms with Gasteiger partial charge in [-0.15, -0.1) is 0 Å². The van der Waals surface area contributed by atoms with Gasteiger partial charge in [0.25, 0.3) is 5.69 Å². The summed E-state index contributed by atoms with van der Waals surface area (Å²) in [5, 5.41) is 13.8. The Hall–Kier alpha value is -2.96. The number of benzene rings is 1. The highest BCUT2D eigenvalue weighted by Gasteiger charge is 2.24. The molecular weight excluding hydrogens is 308 g/mol. The topological polar surface area (TPSA) is 88.4 Å². The number of nitrogens with one attached hydrogen (secondary N) is 1. The number of pyridine rings is 1. The van der Waals surface area contributed by atoms with Crippen molar-refractivity contribution in [3.63, 3.8) is 0 Å². The van der Waals surface area contributed by atoms with Crippen LogP contribution < -0.4 is 5.32 Å². The minimum absolute atomic E-state index is 0.0636. The van der Waals surface area contributed by atoms with E-state index in [0.29, 0.717) is 18.9 Å². The van der Waals surface area contributed by atoms with Crippen LogP contribution in [0.1, 0.15) is 25.5 Å². The number of carbonyl (C=O) groups excluding carboxylic acids is 1. The third-order valence-corrected chi connectivity index (χ3v) is 3.71. The number of nitrogens with zero attached hydrogens (tertiary/aromatic N) is 3. The lowest BCUT2D eigenvalue weighted by Crippen LogP contribution is -2.37. The van der Waals surface area contributed by atoms with Gasteiger partial charge < -0.3 is 10.2 Å². The summed E-state index contributed by atoms with van der Waals surface area (Å²) in [4.78, 5) is 28.8. The van der Waals surface area contributed by atoms with Crippen LogP contribution in [-0.2, 0) is 4.79 Å². The largest absolute Gasteiger partial charge is 0.355 e. The number of rotatable bonds is 7. The highest BCUT2D eigenvalue weighted by atomic mass is 16.6. The van der Waals surface area contributed by atoms with Gasteiger partial charge in [-0.2, -0.15) is 0 Å². The van der Waals surface area contributed by atoms with E-state index in [0.717, 1.165) is 5.56 Å². The Kier molecular flexibility index (Phi) is 5.83. The average Bonchev–Trinajstić information content (AvgIpc) is 2.61. The number of hydrogen-bond donors (Lipinski definition) is 1. The lowest BCUT2D eigenvalue weighted by molar-refractivity contribution is -0.385. The minimum atomic E-state index is -0.597. The summed E-state index contributed by atoms with van der Waals surface area (Å²) < 4.78 is 0. The van der Waals surface area contributed by atoms with Crippen LogP contribution in [0, 0.1) is 10.1 Å². The molecule has 7 nitrogen and oxygen atoms in total. The fourth-order valence-corrected chi connectivity index (χ4v) is 2.38. The Morgan fingerprint density at radius 2 is 1.88 bits per heavy atom. The molecule has 1 N–H and O–H groups in total. The molecule has 0 unspecified atom stereocenters. The van der Waals surface area contributed by atoms with Crippen molar-refractivity contribution >= 4 is 17.4 Å². The number of hydrogen-bond acceptors (Lipinski definition) is 5. The van der Waals surface area contributed by atoms with E-state index in [1.165, 1.54) is 18.3 Å². The third-order valence-electron chi connectivity index (χ3n) is 3.71. The van der Waals surface area contributed by atoms with Gasteiger partial charge in [-0.05, 0) is 25.5 Å². The second-order valence-electron chi connectivity index (χ2n) is 5.16. The minimum Gasteiger partial charge on any atom is -0.355 e. The van der Waals surface area contributed by atoms with Gasteiger partial charge in [0, 0.05) is 19.2 Å². The predicted octanol–water partition coefficient (Wildman–Crippen LogP) is 3.01. The molecule has 0 radical (unpaired) electrons. The molecule has 0 spiro atoms. The lowest BCUT2D eigenvalue weighted by Gasteiger charge is -2.26. The standard InChI is InChI=1S/C17H20N4O3/c1-3-20(4-2)17(22)16(13-8-6-5-7-9-13)19-15-11-10-14(12-18-15)21(23)24/h5-12,16H,3-4H2,1-2H3,(H,18,19)/t16-/m0/s1. The summed E-state index contributed by atoms with van der Waals surface area (Å²) in [7, 11) is 0. The molecule has 1 aromatic carbocycles. The molecule has 0 aliphatic heterocycles. The first-order valence-corrected chi connectivity index (χ1v) is 7.77. The number of likely N-dealkylation sites (N-methyl/N-ethyl adjacent to an activating group) is 1. The molecule has 0 saturated carbocycles.